The van der Waals surface area contributed by atoms with Gasteiger partial charge in [-0.05, 0) is 88.5 Å². The second-order valence-electron chi connectivity index (χ2n) is 10.4. The van der Waals surface area contributed by atoms with Gasteiger partial charge in [0, 0.05) is 29.0 Å². The summed E-state index contributed by atoms with van der Waals surface area (Å²) in [6.07, 6.45) is 10.3. The van der Waals surface area contributed by atoms with Crippen LogP contribution in [0.3, 0.4) is 0 Å². The van der Waals surface area contributed by atoms with Crippen LogP contribution in [0.5, 0.6) is 0 Å². The molecule has 1 aromatic heterocycles. The van der Waals surface area contributed by atoms with Crippen LogP contribution < -0.4 is 5.73 Å². The number of aromatic nitrogens is 1. The van der Waals surface area contributed by atoms with Gasteiger partial charge in [0.25, 0.3) is 0 Å². The van der Waals surface area contributed by atoms with Crippen molar-refractivity contribution in [3.63, 3.8) is 0 Å². The topological polar surface area (TPSA) is 81.6 Å². The molecule has 0 bridgehead atoms. The van der Waals surface area contributed by atoms with Crippen LogP contribution in [0.4, 0.5) is 0 Å². The highest BCUT2D eigenvalue weighted by Crippen LogP contribution is 2.39. The Morgan fingerprint density at radius 2 is 1.94 bits per heavy atom. The molecule has 3 heterocycles. The number of nitrogens with zero attached hydrogens (tertiary/aromatic N) is 2. The van der Waals surface area contributed by atoms with E-state index in [9.17, 15) is 4.79 Å². The Balaban J connectivity index is 1.06. The third kappa shape index (κ3) is 5.23. The standard InChI is InChI=1S/C26H36ClN3O3/c27-20-7-8-21-23(16-20)33-29-25(21)19-10-13-30(14-11-19)12-9-17-3-5-18(6-4-17)24(26(28)31)22-2-1-15-32-22/h7-8,16-19,22,24H,1-6,9-15H2,(H2,28,31)/t17?,18?,22-,24?/m1/s1. The number of carbonyl (C=O) groups excluding carboxylic acids is 1. The highest BCUT2D eigenvalue weighted by atomic mass is 35.5. The van der Waals surface area contributed by atoms with Crippen molar-refractivity contribution in [3.8, 4) is 0 Å². The van der Waals surface area contributed by atoms with Crippen LogP contribution >= 0.6 is 11.6 Å². The van der Waals surface area contributed by atoms with Gasteiger partial charge in [0.05, 0.1) is 17.7 Å². The summed E-state index contributed by atoms with van der Waals surface area (Å²) >= 11 is 6.08. The van der Waals surface area contributed by atoms with Crippen molar-refractivity contribution in [2.75, 3.05) is 26.2 Å². The number of ether oxygens (including phenoxy) is 1. The lowest BCUT2D eigenvalue weighted by molar-refractivity contribution is -0.129. The number of rotatable bonds is 7. The summed E-state index contributed by atoms with van der Waals surface area (Å²) in [6.45, 7) is 4.18. The van der Waals surface area contributed by atoms with E-state index in [1.165, 1.54) is 25.8 Å². The van der Waals surface area contributed by atoms with Crippen LogP contribution in [0.15, 0.2) is 22.7 Å². The van der Waals surface area contributed by atoms with Crippen LogP contribution in [0, 0.1) is 17.8 Å². The van der Waals surface area contributed by atoms with Gasteiger partial charge in [-0.1, -0.05) is 29.6 Å². The van der Waals surface area contributed by atoms with Crippen LogP contribution in [-0.4, -0.2) is 48.3 Å². The molecule has 2 saturated heterocycles. The van der Waals surface area contributed by atoms with Gasteiger partial charge in [-0.25, -0.2) is 0 Å². The molecule has 3 fully saturated rings. The monoisotopic (exact) mass is 473 g/mol. The minimum atomic E-state index is -0.156. The second kappa shape index (κ2) is 10.3. The lowest BCUT2D eigenvalue weighted by Gasteiger charge is -2.36. The lowest BCUT2D eigenvalue weighted by atomic mass is 9.72. The first-order valence-corrected chi connectivity index (χ1v) is 13.1. The van der Waals surface area contributed by atoms with Crippen molar-refractivity contribution in [1.82, 2.24) is 10.1 Å². The summed E-state index contributed by atoms with van der Waals surface area (Å²) in [5.74, 6) is 1.39. The number of fused-ring (bicyclic) bond motifs is 1. The normalized spacial score (nSPS) is 28.3. The number of likely N-dealkylation sites (tertiary alicyclic amines) is 1. The number of carbonyl (C=O) groups is 1. The Hall–Kier alpha value is -1.63. The number of hydrogen-bond donors (Lipinski definition) is 1. The summed E-state index contributed by atoms with van der Waals surface area (Å²) in [5.41, 5.74) is 7.66. The summed E-state index contributed by atoms with van der Waals surface area (Å²) in [5, 5.41) is 6.16. The predicted molar refractivity (Wildman–Crippen MR) is 129 cm³/mol. The van der Waals surface area contributed by atoms with Gasteiger partial charge in [0.15, 0.2) is 5.58 Å². The number of nitrogens with two attached hydrogens (primary N) is 1. The van der Waals surface area contributed by atoms with Gasteiger partial charge < -0.3 is 19.9 Å². The fourth-order valence-electron chi connectivity index (χ4n) is 6.46. The second-order valence-corrected chi connectivity index (χ2v) is 10.8. The Kier molecular flexibility index (Phi) is 7.24. The molecule has 2 aromatic rings. The first kappa shape index (κ1) is 23.1. The highest BCUT2D eigenvalue weighted by molar-refractivity contribution is 6.31. The molecule has 2 atom stereocenters. The van der Waals surface area contributed by atoms with E-state index in [2.05, 4.69) is 10.1 Å². The lowest BCUT2D eigenvalue weighted by Crippen LogP contribution is -2.40. The molecule has 3 aliphatic rings. The van der Waals surface area contributed by atoms with E-state index >= 15 is 0 Å². The average molecular weight is 474 g/mol. The summed E-state index contributed by atoms with van der Waals surface area (Å²) in [4.78, 5) is 14.7. The third-order valence-corrected chi connectivity index (χ3v) is 8.62. The summed E-state index contributed by atoms with van der Waals surface area (Å²) < 4.78 is 11.3. The van der Waals surface area contributed by atoms with E-state index < -0.39 is 0 Å². The van der Waals surface area contributed by atoms with E-state index in [1.54, 1.807) is 0 Å². The molecule has 2 aliphatic heterocycles. The molecule has 33 heavy (non-hydrogen) atoms. The van der Waals surface area contributed by atoms with Gasteiger partial charge in [0.1, 0.15) is 0 Å². The minimum Gasteiger partial charge on any atom is -0.377 e. The molecule has 2 N–H and O–H groups in total. The Morgan fingerprint density at radius 3 is 2.64 bits per heavy atom. The van der Waals surface area contributed by atoms with Gasteiger partial charge in [0.2, 0.25) is 5.91 Å². The maximum absolute atomic E-state index is 12.1. The van der Waals surface area contributed by atoms with Crippen molar-refractivity contribution in [2.24, 2.45) is 23.5 Å². The smallest absolute Gasteiger partial charge is 0.223 e. The van der Waals surface area contributed by atoms with E-state index in [0.717, 1.165) is 80.8 Å². The molecule has 1 amide bonds. The van der Waals surface area contributed by atoms with E-state index in [-0.39, 0.29) is 17.9 Å². The van der Waals surface area contributed by atoms with Crippen molar-refractivity contribution >= 4 is 28.5 Å². The fraction of sp³-hybridized carbons (Fsp3) is 0.692. The van der Waals surface area contributed by atoms with Gasteiger partial charge in [-0.15, -0.1) is 0 Å². The zero-order valence-electron chi connectivity index (χ0n) is 19.4. The SMILES string of the molecule is NC(=O)C(C1CCC(CCN2CCC(c3noc4cc(Cl)ccc34)CC2)CC1)[C@H]1CCCO1. The molecule has 5 rings (SSSR count). The van der Waals surface area contributed by atoms with Gasteiger partial charge in [-0.3, -0.25) is 4.79 Å². The minimum absolute atomic E-state index is 0.0594. The quantitative estimate of drug-likeness (QED) is 0.602. The van der Waals surface area contributed by atoms with Crippen LogP contribution in [0.1, 0.15) is 69.4 Å². The molecule has 180 valence electrons. The third-order valence-electron chi connectivity index (χ3n) is 8.38. The van der Waals surface area contributed by atoms with Crippen LogP contribution in [0.25, 0.3) is 11.0 Å². The summed E-state index contributed by atoms with van der Waals surface area (Å²) in [6, 6.07) is 5.80. The molecule has 0 spiro atoms. The Morgan fingerprint density at radius 1 is 1.15 bits per heavy atom. The largest absolute Gasteiger partial charge is 0.377 e. The molecule has 0 radical (unpaired) electrons. The number of piperidine rings is 1. The molecule has 1 aromatic carbocycles. The van der Waals surface area contributed by atoms with E-state index in [0.29, 0.717) is 16.9 Å². The number of benzene rings is 1. The maximum Gasteiger partial charge on any atom is 0.223 e. The Bertz CT molecular complexity index is 941. The number of halogens is 1. The van der Waals surface area contributed by atoms with Crippen molar-refractivity contribution in [1.29, 1.82) is 0 Å². The maximum atomic E-state index is 12.1. The van der Waals surface area contributed by atoms with E-state index in [4.69, 9.17) is 26.6 Å². The van der Waals surface area contributed by atoms with Gasteiger partial charge in [-0.2, -0.15) is 0 Å². The zero-order valence-corrected chi connectivity index (χ0v) is 20.1. The zero-order chi connectivity index (χ0) is 22.8. The molecular weight excluding hydrogens is 438 g/mol. The van der Waals surface area contributed by atoms with Gasteiger partial charge >= 0.3 is 0 Å². The fourth-order valence-corrected chi connectivity index (χ4v) is 6.62. The van der Waals surface area contributed by atoms with Crippen molar-refractivity contribution in [2.45, 2.75) is 69.8 Å². The van der Waals surface area contributed by atoms with Crippen molar-refractivity contribution < 1.29 is 14.1 Å². The Labute approximate surface area is 201 Å². The molecule has 1 saturated carbocycles. The first-order valence-electron chi connectivity index (χ1n) is 12.8. The number of amides is 1. The molecule has 1 unspecified atom stereocenters. The average Bonchev–Trinajstić information content (AvgIpc) is 3.49. The molecule has 6 nitrogen and oxygen atoms in total. The van der Waals surface area contributed by atoms with Crippen LogP contribution in [0.2, 0.25) is 5.02 Å². The van der Waals surface area contributed by atoms with Crippen LogP contribution in [-0.2, 0) is 9.53 Å². The molecule has 7 heteroatoms. The predicted octanol–water partition coefficient (Wildman–Crippen LogP) is 5.14. The van der Waals surface area contributed by atoms with E-state index in [1.807, 2.05) is 18.2 Å². The van der Waals surface area contributed by atoms with Crippen molar-refractivity contribution in [3.05, 3.63) is 28.9 Å². The first-order chi connectivity index (χ1) is 16.1. The highest BCUT2D eigenvalue weighted by Gasteiger charge is 2.38. The summed E-state index contributed by atoms with van der Waals surface area (Å²) in [7, 11) is 0. The molecular formula is C26H36ClN3O3. The molecule has 1 aliphatic carbocycles. The number of primary amides is 1. The number of hydrogen-bond acceptors (Lipinski definition) is 5.